The van der Waals surface area contributed by atoms with Crippen LogP contribution in [-0.4, -0.2) is 38.5 Å². The SMILES string of the molecule is C[Si](C)(C)OCC1(N)CCN(Cc2ccccc2)CC1. The lowest BCUT2D eigenvalue weighted by Gasteiger charge is -2.40. The molecule has 1 aliphatic heterocycles. The number of nitrogens with two attached hydrogens (primary N) is 1. The van der Waals surface area contributed by atoms with Gasteiger partial charge in [0.1, 0.15) is 0 Å². The van der Waals surface area contributed by atoms with Crippen molar-refractivity contribution < 1.29 is 4.43 Å². The highest BCUT2D eigenvalue weighted by atomic mass is 28.4. The Labute approximate surface area is 124 Å². The maximum Gasteiger partial charge on any atom is 0.183 e. The minimum atomic E-state index is -1.46. The molecule has 0 saturated carbocycles. The predicted molar refractivity (Wildman–Crippen MR) is 87.2 cm³/mol. The summed E-state index contributed by atoms with van der Waals surface area (Å²) in [5.41, 5.74) is 7.76. The van der Waals surface area contributed by atoms with Crippen molar-refractivity contribution >= 4 is 8.32 Å². The van der Waals surface area contributed by atoms with E-state index in [9.17, 15) is 0 Å². The third-order valence-corrected chi connectivity index (χ3v) is 4.90. The van der Waals surface area contributed by atoms with Crippen molar-refractivity contribution in [3.63, 3.8) is 0 Å². The summed E-state index contributed by atoms with van der Waals surface area (Å²) in [7, 11) is -1.46. The molecule has 1 aliphatic rings. The fourth-order valence-corrected chi connectivity index (χ4v) is 3.22. The quantitative estimate of drug-likeness (QED) is 0.848. The smallest absolute Gasteiger partial charge is 0.183 e. The molecule has 0 spiro atoms. The number of hydrogen-bond acceptors (Lipinski definition) is 3. The van der Waals surface area contributed by atoms with Crippen molar-refractivity contribution in [1.82, 2.24) is 4.90 Å². The summed E-state index contributed by atoms with van der Waals surface area (Å²) in [5, 5.41) is 0. The van der Waals surface area contributed by atoms with Crippen LogP contribution in [0.1, 0.15) is 18.4 Å². The lowest BCUT2D eigenvalue weighted by molar-refractivity contribution is 0.109. The van der Waals surface area contributed by atoms with Crippen LogP contribution < -0.4 is 5.73 Å². The predicted octanol–water partition coefficient (Wildman–Crippen LogP) is 2.83. The molecule has 112 valence electrons. The van der Waals surface area contributed by atoms with Crippen molar-refractivity contribution in [2.24, 2.45) is 5.73 Å². The molecule has 1 aromatic rings. The van der Waals surface area contributed by atoms with Crippen molar-refractivity contribution in [2.45, 2.75) is 44.6 Å². The maximum absolute atomic E-state index is 6.49. The molecule has 2 rings (SSSR count). The topological polar surface area (TPSA) is 38.5 Å². The van der Waals surface area contributed by atoms with Crippen LogP contribution >= 0.6 is 0 Å². The molecule has 0 aromatic heterocycles. The van der Waals surface area contributed by atoms with Gasteiger partial charge >= 0.3 is 0 Å². The molecule has 0 aliphatic carbocycles. The van der Waals surface area contributed by atoms with Gasteiger partial charge < -0.3 is 10.2 Å². The van der Waals surface area contributed by atoms with Gasteiger partial charge in [-0.2, -0.15) is 0 Å². The molecule has 0 unspecified atom stereocenters. The Morgan fingerprint density at radius 1 is 1.15 bits per heavy atom. The van der Waals surface area contributed by atoms with Gasteiger partial charge in [0.25, 0.3) is 0 Å². The molecule has 2 N–H and O–H groups in total. The first-order valence-corrected chi connectivity index (χ1v) is 11.0. The van der Waals surface area contributed by atoms with Crippen LogP contribution in [0.4, 0.5) is 0 Å². The molecule has 0 atom stereocenters. The van der Waals surface area contributed by atoms with Crippen molar-refractivity contribution in [2.75, 3.05) is 19.7 Å². The Balaban J connectivity index is 1.80. The van der Waals surface area contributed by atoms with Gasteiger partial charge in [-0.15, -0.1) is 0 Å². The summed E-state index contributed by atoms with van der Waals surface area (Å²) in [5.74, 6) is 0. The molecule has 1 heterocycles. The van der Waals surface area contributed by atoms with E-state index in [0.29, 0.717) is 0 Å². The first kappa shape index (κ1) is 15.7. The van der Waals surface area contributed by atoms with Gasteiger partial charge in [-0.25, -0.2) is 0 Å². The Hall–Kier alpha value is -0.683. The molecular weight excluding hydrogens is 264 g/mol. The van der Waals surface area contributed by atoms with Gasteiger partial charge in [-0.3, -0.25) is 4.90 Å². The fraction of sp³-hybridized carbons (Fsp3) is 0.625. The van der Waals surface area contributed by atoms with Crippen LogP contribution in [0, 0.1) is 0 Å². The molecule has 0 radical (unpaired) electrons. The molecule has 0 bridgehead atoms. The van der Waals surface area contributed by atoms with Crippen LogP contribution in [0.15, 0.2) is 30.3 Å². The third kappa shape index (κ3) is 5.02. The molecular formula is C16H28N2OSi. The molecule has 4 heteroatoms. The number of piperidine rings is 1. The second kappa shape index (κ2) is 6.39. The summed E-state index contributed by atoms with van der Waals surface area (Å²) in [6, 6.07) is 10.7. The second-order valence-electron chi connectivity index (χ2n) is 7.03. The van der Waals surface area contributed by atoms with Gasteiger partial charge in [0, 0.05) is 25.2 Å². The van der Waals surface area contributed by atoms with Crippen molar-refractivity contribution in [3.05, 3.63) is 35.9 Å². The monoisotopic (exact) mass is 292 g/mol. The fourth-order valence-electron chi connectivity index (χ4n) is 2.50. The summed E-state index contributed by atoms with van der Waals surface area (Å²) >= 11 is 0. The van der Waals surface area contributed by atoms with E-state index in [4.69, 9.17) is 10.2 Å². The minimum absolute atomic E-state index is 0.118. The van der Waals surface area contributed by atoms with E-state index in [2.05, 4.69) is 54.9 Å². The summed E-state index contributed by atoms with van der Waals surface area (Å²) in [6.45, 7) is 10.6. The standard InChI is InChI=1S/C16H28N2OSi/c1-20(2,3)19-14-16(17)9-11-18(12-10-16)13-15-7-5-4-6-8-15/h4-8H,9-14,17H2,1-3H3. The zero-order valence-electron chi connectivity index (χ0n) is 13.1. The summed E-state index contributed by atoms with van der Waals surface area (Å²) in [6.07, 6.45) is 2.06. The van der Waals surface area contributed by atoms with Crippen LogP contribution in [0.2, 0.25) is 19.6 Å². The first-order valence-electron chi connectivity index (χ1n) is 7.56. The van der Waals surface area contributed by atoms with E-state index < -0.39 is 8.32 Å². The van der Waals surface area contributed by atoms with E-state index in [1.807, 2.05) is 0 Å². The van der Waals surface area contributed by atoms with Crippen LogP contribution in [0.5, 0.6) is 0 Å². The largest absolute Gasteiger partial charge is 0.416 e. The van der Waals surface area contributed by atoms with E-state index in [-0.39, 0.29) is 5.54 Å². The van der Waals surface area contributed by atoms with Gasteiger partial charge in [0.05, 0.1) is 6.61 Å². The average Bonchev–Trinajstić information content (AvgIpc) is 2.40. The zero-order chi connectivity index (χ0) is 14.6. The van der Waals surface area contributed by atoms with Gasteiger partial charge in [-0.1, -0.05) is 30.3 Å². The number of likely N-dealkylation sites (tertiary alicyclic amines) is 1. The molecule has 1 fully saturated rings. The Morgan fingerprint density at radius 3 is 2.30 bits per heavy atom. The normalized spacial score (nSPS) is 20.0. The Bertz CT molecular complexity index is 408. The summed E-state index contributed by atoms with van der Waals surface area (Å²) < 4.78 is 6.02. The highest BCUT2D eigenvalue weighted by Crippen LogP contribution is 2.22. The average molecular weight is 292 g/mol. The van der Waals surface area contributed by atoms with E-state index in [1.54, 1.807) is 0 Å². The molecule has 1 saturated heterocycles. The highest BCUT2D eigenvalue weighted by molar-refractivity contribution is 6.69. The van der Waals surface area contributed by atoms with Gasteiger partial charge in [0.15, 0.2) is 8.32 Å². The van der Waals surface area contributed by atoms with E-state index >= 15 is 0 Å². The molecule has 0 amide bonds. The number of hydrogen-bond donors (Lipinski definition) is 1. The number of rotatable bonds is 5. The Kier molecular flexibility index (Phi) is 5.02. The second-order valence-corrected chi connectivity index (χ2v) is 11.5. The molecule has 3 nitrogen and oxygen atoms in total. The van der Waals surface area contributed by atoms with E-state index in [0.717, 1.165) is 39.1 Å². The summed E-state index contributed by atoms with van der Waals surface area (Å²) in [4.78, 5) is 2.50. The van der Waals surface area contributed by atoms with Crippen molar-refractivity contribution in [3.8, 4) is 0 Å². The first-order chi connectivity index (χ1) is 9.36. The van der Waals surface area contributed by atoms with Crippen LogP contribution in [0.3, 0.4) is 0 Å². The number of benzene rings is 1. The third-order valence-electron chi connectivity index (χ3n) is 3.89. The highest BCUT2D eigenvalue weighted by Gasteiger charge is 2.32. The van der Waals surface area contributed by atoms with Crippen LogP contribution in [0.25, 0.3) is 0 Å². The van der Waals surface area contributed by atoms with Crippen LogP contribution in [-0.2, 0) is 11.0 Å². The van der Waals surface area contributed by atoms with Crippen molar-refractivity contribution in [1.29, 1.82) is 0 Å². The van der Waals surface area contributed by atoms with E-state index in [1.165, 1.54) is 5.56 Å². The lowest BCUT2D eigenvalue weighted by Crippen LogP contribution is -2.54. The lowest BCUT2D eigenvalue weighted by atomic mass is 9.89. The maximum atomic E-state index is 6.49. The van der Waals surface area contributed by atoms with Gasteiger partial charge in [0.2, 0.25) is 0 Å². The zero-order valence-corrected chi connectivity index (χ0v) is 14.1. The molecule has 20 heavy (non-hydrogen) atoms. The Morgan fingerprint density at radius 2 is 1.75 bits per heavy atom. The molecule has 1 aromatic carbocycles. The number of nitrogens with zero attached hydrogens (tertiary/aromatic N) is 1. The minimum Gasteiger partial charge on any atom is -0.416 e. The van der Waals surface area contributed by atoms with Gasteiger partial charge in [-0.05, 0) is 38.0 Å².